The number of carbonyl (C=O) groups is 1. The maximum atomic E-state index is 12.7. The molecular formula is C23H23ClN2O. The largest absolute Gasteiger partial charge is 0.325 e. The second-order valence-electron chi connectivity index (χ2n) is 7.20. The molecule has 0 bridgehead atoms. The fourth-order valence-electron chi connectivity index (χ4n) is 3.81. The van der Waals surface area contributed by atoms with Crippen LogP contribution >= 0.6 is 11.6 Å². The van der Waals surface area contributed by atoms with Crippen molar-refractivity contribution in [3.63, 3.8) is 0 Å². The van der Waals surface area contributed by atoms with Crippen molar-refractivity contribution in [2.45, 2.75) is 19.3 Å². The molecule has 0 unspecified atom stereocenters. The highest BCUT2D eigenvalue weighted by molar-refractivity contribution is 6.38. The van der Waals surface area contributed by atoms with Crippen molar-refractivity contribution in [2.75, 3.05) is 18.4 Å². The smallest absolute Gasteiger partial charge is 0.321 e. The molecule has 1 heterocycles. The normalized spacial score (nSPS) is 15.1. The number of likely N-dealkylation sites (tertiary alicyclic amines) is 1. The summed E-state index contributed by atoms with van der Waals surface area (Å²) in [6.07, 6.45) is 3.16. The molecule has 0 atom stereocenters. The minimum Gasteiger partial charge on any atom is -0.325 e. The van der Waals surface area contributed by atoms with Crippen molar-refractivity contribution in [3.8, 4) is 0 Å². The summed E-state index contributed by atoms with van der Waals surface area (Å²) in [4.78, 5) is 14.6. The molecule has 1 fully saturated rings. The predicted octanol–water partition coefficient (Wildman–Crippen LogP) is 5.98. The van der Waals surface area contributed by atoms with Gasteiger partial charge in [-0.2, -0.15) is 0 Å². The van der Waals surface area contributed by atoms with Gasteiger partial charge in [0.25, 0.3) is 0 Å². The molecule has 3 nitrogen and oxygen atoms in total. The molecule has 3 aromatic carbocycles. The van der Waals surface area contributed by atoms with E-state index in [9.17, 15) is 4.79 Å². The van der Waals surface area contributed by atoms with Crippen LogP contribution in [0.3, 0.4) is 0 Å². The summed E-state index contributed by atoms with van der Waals surface area (Å²) in [5.74, 6) is 0.640. The SMILES string of the molecule is O=C(Nc1ccc2ccccc2c1Cl)N1CCC(Cc2ccccc2)CC1. The lowest BCUT2D eigenvalue weighted by Crippen LogP contribution is -2.41. The molecule has 3 aromatic rings. The summed E-state index contributed by atoms with van der Waals surface area (Å²) in [5, 5.41) is 5.62. The first-order valence-corrected chi connectivity index (χ1v) is 9.85. The average molecular weight is 379 g/mol. The second kappa shape index (κ2) is 8.01. The first kappa shape index (κ1) is 17.9. The Morgan fingerprint density at radius 3 is 2.44 bits per heavy atom. The number of piperidine rings is 1. The fourth-order valence-corrected chi connectivity index (χ4v) is 4.09. The van der Waals surface area contributed by atoms with Crippen LogP contribution in [-0.4, -0.2) is 24.0 Å². The lowest BCUT2D eigenvalue weighted by Gasteiger charge is -2.32. The minimum atomic E-state index is -0.0645. The van der Waals surface area contributed by atoms with Gasteiger partial charge in [-0.25, -0.2) is 4.79 Å². The van der Waals surface area contributed by atoms with E-state index in [0.717, 1.165) is 43.1 Å². The highest BCUT2D eigenvalue weighted by Gasteiger charge is 2.23. The van der Waals surface area contributed by atoms with E-state index in [0.29, 0.717) is 16.6 Å². The number of nitrogens with zero attached hydrogens (tertiary/aromatic N) is 1. The highest BCUT2D eigenvalue weighted by Crippen LogP contribution is 2.31. The van der Waals surface area contributed by atoms with Crippen LogP contribution in [-0.2, 0) is 6.42 Å². The first-order valence-electron chi connectivity index (χ1n) is 9.48. The number of hydrogen-bond donors (Lipinski definition) is 1. The van der Waals surface area contributed by atoms with Crippen LogP contribution in [0.4, 0.5) is 10.5 Å². The molecule has 1 saturated heterocycles. The van der Waals surface area contributed by atoms with Crippen molar-refractivity contribution in [3.05, 3.63) is 77.3 Å². The molecular weight excluding hydrogens is 356 g/mol. The predicted molar refractivity (Wildman–Crippen MR) is 112 cm³/mol. The second-order valence-corrected chi connectivity index (χ2v) is 7.58. The molecule has 4 heteroatoms. The summed E-state index contributed by atoms with van der Waals surface area (Å²) >= 11 is 6.50. The Morgan fingerprint density at radius 2 is 1.67 bits per heavy atom. The summed E-state index contributed by atoms with van der Waals surface area (Å²) in [6.45, 7) is 1.57. The van der Waals surface area contributed by atoms with E-state index in [4.69, 9.17) is 11.6 Å². The van der Waals surface area contributed by atoms with Gasteiger partial charge in [0, 0.05) is 18.5 Å². The first-order chi connectivity index (χ1) is 13.2. The molecule has 0 aliphatic carbocycles. The molecule has 4 rings (SSSR count). The standard InChI is InChI=1S/C23H23ClN2O/c24-22-20-9-5-4-8-19(20)10-11-21(22)25-23(27)26-14-12-18(13-15-26)16-17-6-2-1-3-7-17/h1-11,18H,12-16H2,(H,25,27). The van der Waals surface area contributed by atoms with Crippen LogP contribution in [0.2, 0.25) is 5.02 Å². The van der Waals surface area contributed by atoms with Gasteiger partial charge >= 0.3 is 6.03 Å². The van der Waals surface area contributed by atoms with Crippen LogP contribution in [0.15, 0.2) is 66.7 Å². The molecule has 1 aliphatic heterocycles. The van der Waals surface area contributed by atoms with Crippen molar-refractivity contribution < 1.29 is 4.79 Å². The minimum absolute atomic E-state index is 0.0645. The van der Waals surface area contributed by atoms with Gasteiger partial charge < -0.3 is 10.2 Å². The van der Waals surface area contributed by atoms with Gasteiger partial charge in [0.2, 0.25) is 0 Å². The van der Waals surface area contributed by atoms with Gasteiger partial charge in [-0.1, -0.05) is 72.3 Å². The zero-order chi connectivity index (χ0) is 18.6. The zero-order valence-electron chi connectivity index (χ0n) is 15.2. The quantitative estimate of drug-likeness (QED) is 0.597. The zero-order valence-corrected chi connectivity index (χ0v) is 16.0. The van der Waals surface area contributed by atoms with Crippen molar-refractivity contribution in [2.24, 2.45) is 5.92 Å². The molecule has 1 aliphatic rings. The number of urea groups is 1. The lowest BCUT2D eigenvalue weighted by molar-refractivity contribution is 0.182. The van der Waals surface area contributed by atoms with Gasteiger partial charge in [0.05, 0.1) is 10.7 Å². The molecule has 0 saturated carbocycles. The van der Waals surface area contributed by atoms with E-state index >= 15 is 0 Å². The van der Waals surface area contributed by atoms with E-state index in [2.05, 4.69) is 29.6 Å². The molecule has 1 N–H and O–H groups in total. The monoisotopic (exact) mass is 378 g/mol. The van der Waals surface area contributed by atoms with E-state index in [1.54, 1.807) is 0 Å². The number of anilines is 1. The third-order valence-corrected chi connectivity index (χ3v) is 5.78. The van der Waals surface area contributed by atoms with Crippen molar-refractivity contribution in [1.82, 2.24) is 4.90 Å². The lowest BCUT2D eigenvalue weighted by atomic mass is 9.90. The van der Waals surface area contributed by atoms with Crippen LogP contribution < -0.4 is 5.32 Å². The third-order valence-electron chi connectivity index (χ3n) is 5.37. The van der Waals surface area contributed by atoms with Gasteiger partial charge in [-0.05, 0) is 42.2 Å². The maximum absolute atomic E-state index is 12.7. The molecule has 27 heavy (non-hydrogen) atoms. The third kappa shape index (κ3) is 4.09. The number of fused-ring (bicyclic) bond motifs is 1. The molecule has 2 amide bonds. The van der Waals surface area contributed by atoms with Gasteiger partial charge in [0.15, 0.2) is 0 Å². The van der Waals surface area contributed by atoms with Gasteiger partial charge in [0.1, 0.15) is 0 Å². The number of hydrogen-bond acceptors (Lipinski definition) is 1. The van der Waals surface area contributed by atoms with Gasteiger partial charge in [-0.3, -0.25) is 0 Å². The maximum Gasteiger partial charge on any atom is 0.321 e. The van der Waals surface area contributed by atoms with E-state index < -0.39 is 0 Å². The molecule has 138 valence electrons. The van der Waals surface area contributed by atoms with Crippen molar-refractivity contribution >= 4 is 34.1 Å². The Hall–Kier alpha value is -2.52. The Labute approximate surface area is 164 Å². The van der Waals surface area contributed by atoms with Crippen molar-refractivity contribution in [1.29, 1.82) is 0 Å². The summed E-state index contributed by atoms with van der Waals surface area (Å²) < 4.78 is 0. The Kier molecular flexibility index (Phi) is 5.30. The van der Waals surface area contributed by atoms with Gasteiger partial charge in [-0.15, -0.1) is 0 Å². The summed E-state index contributed by atoms with van der Waals surface area (Å²) in [6, 6.07) is 22.3. The number of carbonyl (C=O) groups excluding carboxylic acids is 1. The number of benzene rings is 3. The topological polar surface area (TPSA) is 32.3 Å². The highest BCUT2D eigenvalue weighted by atomic mass is 35.5. The number of halogens is 1. The van der Waals surface area contributed by atoms with E-state index in [1.807, 2.05) is 47.4 Å². The Bertz CT molecular complexity index is 934. The number of amides is 2. The van der Waals surface area contributed by atoms with Crippen LogP contribution in [0.5, 0.6) is 0 Å². The summed E-state index contributed by atoms with van der Waals surface area (Å²) in [7, 11) is 0. The molecule has 0 aromatic heterocycles. The van der Waals surface area contributed by atoms with Crippen LogP contribution in [0.25, 0.3) is 10.8 Å². The average Bonchev–Trinajstić information content (AvgIpc) is 2.71. The van der Waals surface area contributed by atoms with Crippen LogP contribution in [0, 0.1) is 5.92 Å². The summed E-state index contributed by atoms with van der Waals surface area (Å²) in [5.41, 5.74) is 2.05. The van der Waals surface area contributed by atoms with E-state index in [-0.39, 0.29) is 6.03 Å². The number of rotatable bonds is 3. The number of nitrogens with one attached hydrogen (secondary N) is 1. The van der Waals surface area contributed by atoms with Crippen LogP contribution in [0.1, 0.15) is 18.4 Å². The Morgan fingerprint density at radius 1 is 0.963 bits per heavy atom. The van der Waals surface area contributed by atoms with E-state index in [1.165, 1.54) is 5.56 Å². The fraction of sp³-hybridized carbons (Fsp3) is 0.261. The molecule has 0 radical (unpaired) electrons. The Balaban J connectivity index is 1.36. The molecule has 0 spiro atoms.